The third kappa shape index (κ3) is 6.43. The molecule has 3 rings (SSSR count). The van der Waals surface area contributed by atoms with Crippen molar-refractivity contribution in [1.82, 2.24) is 9.78 Å². The first kappa shape index (κ1) is 26.1. The molecule has 0 unspecified atom stereocenters. The molecule has 0 atom stereocenters. The van der Waals surface area contributed by atoms with E-state index in [2.05, 4.69) is 10.8 Å². The molecular formula is C24H25Cl2N3O4. The van der Waals surface area contributed by atoms with Gasteiger partial charge in [-0.25, -0.2) is 4.68 Å². The molecule has 0 aliphatic carbocycles. The van der Waals surface area contributed by atoms with Gasteiger partial charge in [0.15, 0.2) is 12.4 Å². The second-order valence-corrected chi connectivity index (χ2v) is 8.23. The third-order valence-electron chi connectivity index (χ3n) is 4.68. The molecule has 0 radical (unpaired) electrons. The number of carbonyl (C=O) groups excluding carboxylic acids is 3. The van der Waals surface area contributed by atoms with E-state index in [9.17, 15) is 14.4 Å². The third-order valence-corrected chi connectivity index (χ3v) is 5.57. The summed E-state index contributed by atoms with van der Waals surface area (Å²) in [7, 11) is 1.66. The summed E-state index contributed by atoms with van der Waals surface area (Å²) in [5.41, 5.74) is 7.76. The van der Waals surface area contributed by atoms with E-state index in [1.165, 1.54) is 11.6 Å². The van der Waals surface area contributed by atoms with Crippen LogP contribution in [-0.4, -0.2) is 33.9 Å². The predicted octanol–water partition coefficient (Wildman–Crippen LogP) is 4.64. The average Bonchev–Trinajstić information content (AvgIpc) is 3.02. The summed E-state index contributed by atoms with van der Waals surface area (Å²) in [5.74, 6) is -0.641. The van der Waals surface area contributed by atoms with E-state index >= 15 is 0 Å². The van der Waals surface area contributed by atoms with Gasteiger partial charge in [0.1, 0.15) is 5.56 Å². The van der Waals surface area contributed by atoms with Crippen molar-refractivity contribution in [2.24, 2.45) is 12.8 Å². The topological polar surface area (TPSA) is 104 Å². The first-order valence-electron chi connectivity index (χ1n) is 9.95. The molecule has 0 saturated carbocycles. The van der Waals surface area contributed by atoms with Gasteiger partial charge in [0.05, 0.1) is 10.7 Å². The van der Waals surface area contributed by atoms with Crippen LogP contribution in [0.3, 0.4) is 0 Å². The summed E-state index contributed by atoms with van der Waals surface area (Å²) in [6, 6.07) is 10.4. The summed E-state index contributed by atoms with van der Waals surface area (Å²) >= 11 is 12.4. The largest absolute Gasteiger partial charge is 0.469 e. The molecule has 1 aromatic heterocycles. The number of ether oxygens (including phenoxy) is 1. The van der Waals surface area contributed by atoms with Gasteiger partial charge in [-0.2, -0.15) is 5.10 Å². The van der Waals surface area contributed by atoms with Crippen molar-refractivity contribution in [1.29, 1.82) is 0 Å². The van der Waals surface area contributed by atoms with Crippen molar-refractivity contribution >= 4 is 40.7 Å². The number of nitrogens with two attached hydrogens (primary N) is 1. The highest BCUT2D eigenvalue weighted by Gasteiger charge is 2.26. The second kappa shape index (κ2) is 11.1. The van der Waals surface area contributed by atoms with Crippen LogP contribution in [-0.2, 0) is 11.8 Å². The summed E-state index contributed by atoms with van der Waals surface area (Å²) in [4.78, 5) is 34.9. The molecule has 1 heterocycles. The maximum atomic E-state index is 13.2. The van der Waals surface area contributed by atoms with Crippen LogP contribution in [0.2, 0.25) is 10.0 Å². The Morgan fingerprint density at radius 2 is 1.61 bits per heavy atom. The fraction of sp³-hybridized carbons (Fsp3) is 0.250. The zero-order valence-corrected chi connectivity index (χ0v) is 20.5. The van der Waals surface area contributed by atoms with Gasteiger partial charge in [-0.3, -0.25) is 14.4 Å². The normalized spacial score (nSPS) is 10.3. The fourth-order valence-corrected chi connectivity index (χ4v) is 3.45. The van der Waals surface area contributed by atoms with Gasteiger partial charge in [-0.05, 0) is 38.5 Å². The highest BCUT2D eigenvalue weighted by molar-refractivity contribution is 6.38. The van der Waals surface area contributed by atoms with Gasteiger partial charge in [-0.15, -0.1) is 0 Å². The Kier molecular flexibility index (Phi) is 8.79. The molecular weight excluding hydrogens is 465 g/mol. The molecule has 0 spiro atoms. The average molecular weight is 490 g/mol. The molecule has 0 aliphatic rings. The highest BCUT2D eigenvalue weighted by atomic mass is 35.5. The van der Waals surface area contributed by atoms with Crippen molar-refractivity contribution in [3.8, 4) is 5.88 Å². The van der Waals surface area contributed by atoms with Crippen LogP contribution < -0.4 is 10.5 Å². The number of primary amides is 1. The summed E-state index contributed by atoms with van der Waals surface area (Å²) in [6.45, 7) is 6.49. The minimum Gasteiger partial charge on any atom is -0.469 e. The number of amides is 1. The molecule has 3 aromatic rings. The molecule has 9 heteroatoms. The van der Waals surface area contributed by atoms with Crippen molar-refractivity contribution in [3.63, 3.8) is 0 Å². The van der Waals surface area contributed by atoms with Crippen LogP contribution in [0.4, 0.5) is 0 Å². The highest BCUT2D eigenvalue weighted by Crippen LogP contribution is 2.32. The number of rotatable bonds is 6. The quantitative estimate of drug-likeness (QED) is 0.507. The summed E-state index contributed by atoms with van der Waals surface area (Å²) < 4.78 is 7.18. The van der Waals surface area contributed by atoms with E-state index in [1.807, 2.05) is 19.1 Å². The molecule has 0 fully saturated rings. The number of ketones is 2. The van der Waals surface area contributed by atoms with Crippen LogP contribution in [0.25, 0.3) is 0 Å². The smallest absolute Gasteiger partial charge is 0.223 e. The van der Waals surface area contributed by atoms with E-state index in [1.54, 1.807) is 45.2 Å². The molecule has 33 heavy (non-hydrogen) atoms. The van der Waals surface area contributed by atoms with Crippen molar-refractivity contribution < 1.29 is 19.1 Å². The standard InChI is InChI=1S/C22H20Cl2N2O3.C2H5NO/c1-12-5-7-15(8-6-12)18(27)11-29-22-19(14(3)25-26(22)4)21(28)16-9-10-17(23)13(2)20(16)24;1-2(3)4/h5-10H,11H2,1-4H3;1H3,(H2,3,4). The lowest BCUT2D eigenvalue weighted by atomic mass is 10.0. The molecule has 2 aromatic carbocycles. The Bertz CT molecular complexity index is 1200. The Morgan fingerprint density at radius 1 is 1.03 bits per heavy atom. The molecule has 1 amide bonds. The SMILES string of the molecule is CC(N)=O.Cc1ccc(C(=O)COc2c(C(=O)c3ccc(Cl)c(C)c3Cl)c(C)nn2C)cc1. The lowest BCUT2D eigenvalue weighted by Gasteiger charge is -2.11. The summed E-state index contributed by atoms with van der Waals surface area (Å²) in [6.07, 6.45) is 0. The van der Waals surface area contributed by atoms with Gasteiger partial charge >= 0.3 is 0 Å². The number of benzene rings is 2. The zero-order valence-electron chi connectivity index (χ0n) is 19.0. The Labute approximate surface area is 202 Å². The zero-order chi connectivity index (χ0) is 24.9. The maximum Gasteiger partial charge on any atom is 0.223 e. The fourth-order valence-electron chi connectivity index (χ4n) is 2.99. The van der Waals surface area contributed by atoms with Gasteiger partial charge in [-0.1, -0.05) is 53.0 Å². The van der Waals surface area contributed by atoms with Crippen LogP contribution in [0.1, 0.15) is 50.0 Å². The molecule has 0 aliphatic heterocycles. The van der Waals surface area contributed by atoms with Gasteiger partial charge < -0.3 is 10.5 Å². The van der Waals surface area contributed by atoms with E-state index in [0.29, 0.717) is 27.4 Å². The molecule has 0 bridgehead atoms. The molecule has 0 saturated heterocycles. The number of hydrogen-bond donors (Lipinski definition) is 1. The Hall–Kier alpha value is -3.16. The lowest BCUT2D eigenvalue weighted by molar-refractivity contribution is -0.115. The van der Waals surface area contributed by atoms with E-state index < -0.39 is 0 Å². The lowest BCUT2D eigenvalue weighted by Crippen LogP contribution is -2.15. The maximum absolute atomic E-state index is 13.2. The van der Waals surface area contributed by atoms with Crippen LogP contribution >= 0.6 is 23.2 Å². The number of Topliss-reactive ketones (excluding diaryl/α,β-unsaturated/α-hetero) is 1. The number of hydrogen-bond acceptors (Lipinski definition) is 5. The number of halogens is 2. The number of aryl methyl sites for hydroxylation is 3. The van der Waals surface area contributed by atoms with Crippen LogP contribution in [0, 0.1) is 20.8 Å². The number of aromatic nitrogens is 2. The minimum absolute atomic E-state index is 0.192. The van der Waals surface area contributed by atoms with Crippen LogP contribution in [0.5, 0.6) is 5.88 Å². The monoisotopic (exact) mass is 489 g/mol. The van der Waals surface area contributed by atoms with E-state index in [-0.39, 0.29) is 40.5 Å². The van der Waals surface area contributed by atoms with E-state index in [0.717, 1.165) is 5.56 Å². The Morgan fingerprint density at radius 3 is 2.18 bits per heavy atom. The molecule has 2 N–H and O–H groups in total. The van der Waals surface area contributed by atoms with E-state index in [4.69, 9.17) is 27.9 Å². The minimum atomic E-state index is -0.335. The van der Waals surface area contributed by atoms with Gasteiger partial charge in [0.2, 0.25) is 17.6 Å². The van der Waals surface area contributed by atoms with Gasteiger partial charge in [0.25, 0.3) is 0 Å². The molecule has 7 nitrogen and oxygen atoms in total. The first-order chi connectivity index (χ1) is 15.4. The second-order valence-electron chi connectivity index (χ2n) is 7.44. The van der Waals surface area contributed by atoms with Gasteiger partial charge in [0, 0.05) is 30.1 Å². The van der Waals surface area contributed by atoms with Crippen molar-refractivity contribution in [2.45, 2.75) is 27.7 Å². The van der Waals surface area contributed by atoms with Crippen LogP contribution in [0.15, 0.2) is 36.4 Å². The Balaban J connectivity index is 0.000000890. The summed E-state index contributed by atoms with van der Waals surface area (Å²) in [5, 5.41) is 5.05. The number of nitrogens with zero attached hydrogens (tertiary/aromatic N) is 2. The molecule has 174 valence electrons. The van der Waals surface area contributed by atoms with Crippen molar-refractivity contribution in [2.75, 3.05) is 6.61 Å². The van der Waals surface area contributed by atoms with Crippen molar-refractivity contribution in [3.05, 3.63) is 80.0 Å². The first-order valence-corrected chi connectivity index (χ1v) is 10.7. The predicted molar refractivity (Wildman–Crippen MR) is 128 cm³/mol. The number of carbonyl (C=O) groups is 3.